The van der Waals surface area contributed by atoms with Crippen LogP contribution in [0.5, 0.6) is 0 Å². The second-order valence-corrected chi connectivity index (χ2v) is 10.5. The zero-order chi connectivity index (χ0) is 25.1. The van der Waals surface area contributed by atoms with Crippen molar-refractivity contribution in [2.45, 2.75) is 37.0 Å². The maximum Gasteiger partial charge on any atom is 0.239 e. The van der Waals surface area contributed by atoms with Crippen molar-refractivity contribution in [2.75, 3.05) is 25.0 Å². The normalized spacial score (nSPS) is 19.9. The predicted molar refractivity (Wildman–Crippen MR) is 151 cm³/mol. The van der Waals surface area contributed by atoms with Crippen molar-refractivity contribution in [1.82, 2.24) is 4.90 Å². The molecule has 0 saturated carbocycles. The van der Waals surface area contributed by atoms with Crippen LogP contribution < -0.4 is 5.32 Å². The number of nitrogens with zero attached hydrogens (tertiary/aromatic N) is 1. The summed E-state index contributed by atoms with van der Waals surface area (Å²) in [6.45, 7) is 3.05. The second kappa shape index (κ2) is 10.4. The largest absolute Gasteiger partial charge is 0.325 e. The first kappa shape index (κ1) is 23.7. The van der Waals surface area contributed by atoms with E-state index in [4.69, 9.17) is 0 Å². The Hall–Kier alpha value is -3.69. The van der Waals surface area contributed by atoms with E-state index in [-0.39, 0.29) is 5.91 Å². The lowest BCUT2D eigenvalue weighted by Gasteiger charge is -2.36. The molecule has 0 radical (unpaired) electrons. The van der Waals surface area contributed by atoms with Crippen LogP contribution in [0, 0.1) is 0 Å². The maximum absolute atomic E-state index is 13.9. The lowest BCUT2D eigenvalue weighted by molar-refractivity contribution is -0.119. The summed E-state index contributed by atoms with van der Waals surface area (Å²) in [4.78, 5) is 16.5. The molecule has 2 aliphatic heterocycles. The molecule has 0 aliphatic carbocycles. The molecule has 4 aromatic carbocycles. The molecule has 1 N–H and O–H groups in total. The van der Waals surface area contributed by atoms with Crippen molar-refractivity contribution in [3.05, 3.63) is 137 Å². The predicted octanol–water partition coefficient (Wildman–Crippen LogP) is 6.79. The fraction of sp³-hybridized carbons (Fsp3) is 0.265. The van der Waals surface area contributed by atoms with E-state index in [2.05, 4.69) is 113 Å². The summed E-state index contributed by atoms with van der Waals surface area (Å²) < 4.78 is 0. The van der Waals surface area contributed by atoms with Gasteiger partial charge in [0.15, 0.2) is 0 Å². The van der Waals surface area contributed by atoms with Crippen LogP contribution in [-0.4, -0.2) is 30.4 Å². The van der Waals surface area contributed by atoms with Gasteiger partial charge in [-0.05, 0) is 85.1 Å². The van der Waals surface area contributed by atoms with Crippen LogP contribution in [0.3, 0.4) is 0 Å². The van der Waals surface area contributed by atoms with Gasteiger partial charge in [0.25, 0.3) is 0 Å². The third kappa shape index (κ3) is 4.60. The number of hydrogen-bond acceptors (Lipinski definition) is 2. The number of hydrogen-bond donors (Lipinski definition) is 1. The molecule has 0 spiro atoms. The Bertz CT molecular complexity index is 1340. The summed E-state index contributed by atoms with van der Waals surface area (Å²) in [6.07, 6.45) is 3.93. The van der Waals surface area contributed by atoms with Crippen molar-refractivity contribution in [1.29, 1.82) is 0 Å². The van der Waals surface area contributed by atoms with Gasteiger partial charge < -0.3 is 10.2 Å². The molecule has 1 atom stereocenters. The van der Waals surface area contributed by atoms with E-state index in [1.807, 2.05) is 6.07 Å². The number of benzene rings is 4. The third-order valence-corrected chi connectivity index (χ3v) is 8.38. The summed E-state index contributed by atoms with van der Waals surface area (Å²) in [7, 11) is 0. The molecule has 3 heteroatoms. The van der Waals surface area contributed by atoms with E-state index in [0.717, 1.165) is 49.3 Å². The Morgan fingerprint density at radius 1 is 0.757 bits per heavy atom. The topological polar surface area (TPSA) is 32.3 Å². The van der Waals surface area contributed by atoms with Crippen molar-refractivity contribution >= 4 is 11.6 Å². The Kier molecular flexibility index (Phi) is 6.63. The molecule has 1 saturated heterocycles. The molecule has 3 nitrogen and oxygen atoms in total. The lowest BCUT2D eigenvalue weighted by Crippen LogP contribution is -2.42. The Balaban J connectivity index is 1.30. The number of carbonyl (C=O) groups is 1. The summed E-state index contributed by atoms with van der Waals surface area (Å²) in [5.74, 6) is 0.738. The van der Waals surface area contributed by atoms with E-state index in [0.29, 0.717) is 5.92 Å². The molecule has 37 heavy (non-hydrogen) atoms. The first-order chi connectivity index (χ1) is 18.2. The monoisotopic (exact) mass is 486 g/mol. The minimum absolute atomic E-state index is 0.105. The summed E-state index contributed by atoms with van der Waals surface area (Å²) >= 11 is 0. The zero-order valence-electron chi connectivity index (χ0n) is 21.3. The molecule has 0 bridgehead atoms. The second-order valence-electron chi connectivity index (χ2n) is 10.5. The molecule has 1 unspecified atom stereocenters. The van der Waals surface area contributed by atoms with Gasteiger partial charge in [0.1, 0.15) is 5.41 Å². The lowest BCUT2D eigenvalue weighted by atomic mass is 9.70. The number of likely N-dealkylation sites (tertiary alicyclic amines) is 1. The van der Waals surface area contributed by atoms with Gasteiger partial charge in [-0.25, -0.2) is 0 Å². The molecule has 4 aromatic rings. The number of piperidine rings is 1. The number of fused-ring (bicyclic) bond motifs is 1. The van der Waals surface area contributed by atoms with Crippen molar-refractivity contribution in [3.8, 4) is 0 Å². The average molecular weight is 487 g/mol. The first-order valence-corrected chi connectivity index (χ1v) is 13.5. The summed E-state index contributed by atoms with van der Waals surface area (Å²) in [5.41, 5.74) is 6.48. The molecular formula is C34H34N2O. The highest BCUT2D eigenvalue weighted by molar-refractivity contribution is 6.09. The van der Waals surface area contributed by atoms with E-state index in [1.54, 1.807) is 0 Å². The highest BCUT2D eigenvalue weighted by Gasteiger charge is 2.49. The quantitative estimate of drug-likeness (QED) is 0.312. The number of anilines is 1. The molecular weight excluding hydrogens is 452 g/mol. The van der Waals surface area contributed by atoms with Crippen molar-refractivity contribution < 1.29 is 4.79 Å². The fourth-order valence-corrected chi connectivity index (χ4v) is 6.44. The van der Waals surface area contributed by atoms with Crippen LogP contribution in [0.4, 0.5) is 5.69 Å². The number of carbonyl (C=O) groups excluding carboxylic acids is 1. The SMILES string of the molecule is O=C1Nc2cccc(Cc3ccccc3)c2C1(CCN1CCC(c2ccccc2)CC1)c1ccccc1. The number of nitrogens with one attached hydrogen (secondary N) is 1. The van der Waals surface area contributed by atoms with Gasteiger partial charge in [-0.3, -0.25) is 4.79 Å². The Morgan fingerprint density at radius 2 is 1.41 bits per heavy atom. The molecule has 1 amide bonds. The smallest absolute Gasteiger partial charge is 0.239 e. The Labute approximate surface area is 220 Å². The van der Waals surface area contributed by atoms with E-state index < -0.39 is 5.41 Å². The zero-order valence-corrected chi connectivity index (χ0v) is 21.3. The third-order valence-electron chi connectivity index (χ3n) is 8.38. The van der Waals surface area contributed by atoms with Gasteiger partial charge in [0.05, 0.1) is 0 Å². The van der Waals surface area contributed by atoms with E-state index in [9.17, 15) is 4.79 Å². The van der Waals surface area contributed by atoms with Gasteiger partial charge >= 0.3 is 0 Å². The van der Waals surface area contributed by atoms with Gasteiger partial charge in [-0.2, -0.15) is 0 Å². The summed E-state index contributed by atoms with van der Waals surface area (Å²) in [6, 6.07) is 38.3. The summed E-state index contributed by atoms with van der Waals surface area (Å²) in [5, 5.41) is 3.27. The molecule has 2 aliphatic rings. The minimum Gasteiger partial charge on any atom is -0.325 e. The number of rotatable bonds is 7. The van der Waals surface area contributed by atoms with Crippen LogP contribution in [0.2, 0.25) is 0 Å². The van der Waals surface area contributed by atoms with Gasteiger partial charge in [-0.15, -0.1) is 0 Å². The highest BCUT2D eigenvalue weighted by Crippen LogP contribution is 2.47. The average Bonchev–Trinajstić information content (AvgIpc) is 3.26. The highest BCUT2D eigenvalue weighted by atomic mass is 16.2. The Morgan fingerprint density at radius 3 is 2.11 bits per heavy atom. The standard InChI is InChI=1S/C34H34N2O/c37-33-34(30-16-8-3-9-17-30,21-24-36-22-19-28(20-23-36)27-13-6-2-7-14-27)32-29(15-10-18-31(32)35-33)25-26-11-4-1-5-12-26/h1-18,28H,19-25H2,(H,35,37). The van der Waals surface area contributed by atoms with Crippen molar-refractivity contribution in [2.24, 2.45) is 0 Å². The minimum atomic E-state index is -0.682. The van der Waals surface area contributed by atoms with Gasteiger partial charge in [0, 0.05) is 5.69 Å². The molecule has 6 rings (SSSR count). The molecule has 0 aromatic heterocycles. The van der Waals surface area contributed by atoms with Crippen LogP contribution in [-0.2, 0) is 16.6 Å². The van der Waals surface area contributed by atoms with Crippen LogP contribution in [0.1, 0.15) is 53.0 Å². The van der Waals surface area contributed by atoms with Crippen molar-refractivity contribution in [3.63, 3.8) is 0 Å². The maximum atomic E-state index is 13.9. The molecule has 186 valence electrons. The van der Waals surface area contributed by atoms with Crippen LogP contribution in [0.25, 0.3) is 0 Å². The molecule has 2 heterocycles. The van der Waals surface area contributed by atoms with Crippen LogP contribution in [0.15, 0.2) is 109 Å². The van der Waals surface area contributed by atoms with E-state index >= 15 is 0 Å². The van der Waals surface area contributed by atoms with Gasteiger partial charge in [-0.1, -0.05) is 103 Å². The van der Waals surface area contributed by atoms with E-state index in [1.165, 1.54) is 29.5 Å². The fourth-order valence-electron chi connectivity index (χ4n) is 6.44. The first-order valence-electron chi connectivity index (χ1n) is 13.5. The number of amides is 1. The molecule has 1 fully saturated rings. The van der Waals surface area contributed by atoms with Crippen LogP contribution >= 0.6 is 0 Å². The van der Waals surface area contributed by atoms with Gasteiger partial charge in [0.2, 0.25) is 5.91 Å².